The highest BCUT2D eigenvalue weighted by Gasteiger charge is 2.16. The lowest BCUT2D eigenvalue weighted by atomic mass is 10.1. The number of nitrogens with one attached hydrogen (secondary N) is 1. The summed E-state index contributed by atoms with van der Waals surface area (Å²) in [4.78, 5) is 14.4. The van der Waals surface area contributed by atoms with Crippen molar-refractivity contribution >= 4 is 17.3 Å². The van der Waals surface area contributed by atoms with E-state index in [0.29, 0.717) is 5.69 Å². The van der Waals surface area contributed by atoms with Gasteiger partial charge < -0.3 is 14.2 Å². The normalized spacial score (nSPS) is 14.4. The standard InChI is InChI=1S/C18H22N4O2/c1-21-10-4-7-17(21)18(23)20-19-14-8-11-22(12-9-14)15-5-3-6-16(13-15)24-2/h3-7,10,13H,8-9,11-12H2,1-2H3,(H,20,23). The molecular weight excluding hydrogens is 304 g/mol. The number of hydrogen-bond acceptors (Lipinski definition) is 4. The first kappa shape index (κ1) is 16.1. The molecule has 1 fully saturated rings. The second-order valence-corrected chi connectivity index (χ2v) is 5.81. The number of piperidine rings is 1. The average molecular weight is 326 g/mol. The van der Waals surface area contributed by atoms with Crippen LogP contribution in [-0.2, 0) is 7.05 Å². The third kappa shape index (κ3) is 3.59. The van der Waals surface area contributed by atoms with Crippen LogP contribution in [0.25, 0.3) is 0 Å². The van der Waals surface area contributed by atoms with E-state index in [2.05, 4.69) is 21.5 Å². The lowest BCUT2D eigenvalue weighted by Gasteiger charge is -2.29. The number of hydrogen-bond donors (Lipinski definition) is 1. The van der Waals surface area contributed by atoms with Crippen molar-refractivity contribution in [2.75, 3.05) is 25.1 Å². The van der Waals surface area contributed by atoms with E-state index in [1.807, 2.05) is 37.5 Å². The van der Waals surface area contributed by atoms with Crippen LogP contribution in [0, 0.1) is 0 Å². The zero-order valence-corrected chi connectivity index (χ0v) is 14.0. The molecule has 0 spiro atoms. The molecule has 1 aromatic heterocycles. The van der Waals surface area contributed by atoms with Crippen LogP contribution in [0.1, 0.15) is 23.3 Å². The predicted molar refractivity (Wildman–Crippen MR) is 94.8 cm³/mol. The monoisotopic (exact) mass is 326 g/mol. The van der Waals surface area contributed by atoms with E-state index >= 15 is 0 Å². The van der Waals surface area contributed by atoms with Gasteiger partial charge in [0.1, 0.15) is 11.4 Å². The number of aromatic nitrogens is 1. The van der Waals surface area contributed by atoms with Crippen LogP contribution in [0.15, 0.2) is 47.7 Å². The van der Waals surface area contributed by atoms with Gasteiger partial charge in [0, 0.05) is 56.6 Å². The molecule has 126 valence electrons. The second kappa shape index (κ2) is 7.21. The third-order valence-electron chi connectivity index (χ3n) is 4.25. The second-order valence-electron chi connectivity index (χ2n) is 5.81. The van der Waals surface area contributed by atoms with Crippen molar-refractivity contribution in [3.05, 3.63) is 48.3 Å². The van der Waals surface area contributed by atoms with Crippen molar-refractivity contribution in [2.45, 2.75) is 12.8 Å². The molecule has 1 aliphatic heterocycles. The molecule has 0 atom stereocenters. The van der Waals surface area contributed by atoms with Gasteiger partial charge in [-0.3, -0.25) is 4.79 Å². The average Bonchev–Trinajstić information content (AvgIpc) is 3.06. The summed E-state index contributed by atoms with van der Waals surface area (Å²) < 4.78 is 7.06. The number of anilines is 1. The maximum atomic E-state index is 12.1. The van der Waals surface area contributed by atoms with Gasteiger partial charge in [-0.15, -0.1) is 0 Å². The Kier molecular flexibility index (Phi) is 4.84. The first-order valence-electron chi connectivity index (χ1n) is 8.03. The summed E-state index contributed by atoms with van der Waals surface area (Å²) in [7, 11) is 3.52. The van der Waals surface area contributed by atoms with Crippen LogP contribution in [-0.4, -0.2) is 36.4 Å². The summed E-state index contributed by atoms with van der Waals surface area (Å²) in [6.07, 6.45) is 3.52. The molecule has 0 aliphatic carbocycles. The number of aryl methyl sites for hydroxylation is 1. The van der Waals surface area contributed by atoms with Gasteiger partial charge in [0.15, 0.2) is 0 Å². The van der Waals surface area contributed by atoms with Crippen molar-refractivity contribution < 1.29 is 9.53 Å². The van der Waals surface area contributed by atoms with Crippen molar-refractivity contribution in [3.63, 3.8) is 0 Å². The number of carbonyl (C=O) groups excluding carboxylic acids is 1. The number of nitrogens with zero attached hydrogens (tertiary/aromatic N) is 3. The van der Waals surface area contributed by atoms with Crippen molar-refractivity contribution in [1.82, 2.24) is 9.99 Å². The SMILES string of the molecule is COc1cccc(N2CCC(=NNC(=O)c3cccn3C)CC2)c1. The Labute approximate surface area is 141 Å². The van der Waals surface area contributed by atoms with Gasteiger partial charge >= 0.3 is 0 Å². The maximum absolute atomic E-state index is 12.1. The third-order valence-corrected chi connectivity index (χ3v) is 4.25. The van der Waals surface area contributed by atoms with E-state index in [-0.39, 0.29) is 5.91 Å². The van der Waals surface area contributed by atoms with Crippen LogP contribution in [0.4, 0.5) is 5.69 Å². The fraction of sp³-hybridized carbons (Fsp3) is 0.333. The first-order chi connectivity index (χ1) is 11.7. The molecule has 0 unspecified atom stereocenters. The van der Waals surface area contributed by atoms with Crippen LogP contribution in [0.2, 0.25) is 0 Å². The minimum atomic E-state index is -0.176. The zero-order valence-electron chi connectivity index (χ0n) is 14.0. The Morgan fingerprint density at radius 3 is 2.67 bits per heavy atom. The van der Waals surface area contributed by atoms with Gasteiger partial charge in [0.2, 0.25) is 0 Å². The summed E-state index contributed by atoms with van der Waals surface area (Å²) in [5.41, 5.74) is 5.44. The highest BCUT2D eigenvalue weighted by Crippen LogP contribution is 2.23. The lowest BCUT2D eigenvalue weighted by Crippen LogP contribution is -2.35. The van der Waals surface area contributed by atoms with E-state index in [0.717, 1.165) is 43.1 Å². The van der Waals surface area contributed by atoms with Crippen molar-refractivity contribution in [3.8, 4) is 5.75 Å². The maximum Gasteiger partial charge on any atom is 0.287 e. The molecule has 1 N–H and O–H groups in total. The molecule has 6 heteroatoms. The smallest absolute Gasteiger partial charge is 0.287 e. The van der Waals surface area contributed by atoms with Gasteiger partial charge in [0.05, 0.1) is 7.11 Å². The van der Waals surface area contributed by atoms with Crippen LogP contribution < -0.4 is 15.1 Å². The van der Waals surface area contributed by atoms with Crippen molar-refractivity contribution in [2.24, 2.45) is 12.1 Å². The molecule has 6 nitrogen and oxygen atoms in total. The molecule has 3 rings (SSSR count). The quantitative estimate of drug-likeness (QED) is 0.878. The van der Waals surface area contributed by atoms with E-state index in [1.54, 1.807) is 17.7 Å². The number of ether oxygens (including phenoxy) is 1. The number of carbonyl (C=O) groups is 1. The molecule has 1 aliphatic rings. The van der Waals surface area contributed by atoms with E-state index in [1.165, 1.54) is 0 Å². The first-order valence-corrected chi connectivity index (χ1v) is 8.03. The summed E-state index contributed by atoms with van der Waals surface area (Å²) in [6.45, 7) is 1.76. The Hall–Kier alpha value is -2.76. The molecule has 1 amide bonds. The lowest BCUT2D eigenvalue weighted by molar-refractivity contribution is 0.0946. The molecule has 24 heavy (non-hydrogen) atoms. The van der Waals surface area contributed by atoms with Gasteiger partial charge in [-0.05, 0) is 24.3 Å². The number of benzene rings is 1. The highest BCUT2D eigenvalue weighted by molar-refractivity contribution is 5.94. The summed E-state index contributed by atoms with van der Waals surface area (Å²) >= 11 is 0. The number of rotatable bonds is 4. The fourth-order valence-electron chi connectivity index (χ4n) is 2.83. The van der Waals surface area contributed by atoms with Gasteiger partial charge in [0.25, 0.3) is 5.91 Å². The highest BCUT2D eigenvalue weighted by atomic mass is 16.5. The Morgan fingerprint density at radius 2 is 2.00 bits per heavy atom. The Bertz CT molecular complexity index is 741. The summed E-state index contributed by atoms with van der Waals surface area (Å²) in [5.74, 6) is 0.687. The van der Waals surface area contributed by atoms with Crippen molar-refractivity contribution in [1.29, 1.82) is 0 Å². The van der Waals surface area contributed by atoms with E-state index in [4.69, 9.17) is 4.74 Å². The fourth-order valence-corrected chi connectivity index (χ4v) is 2.83. The molecule has 1 saturated heterocycles. The summed E-state index contributed by atoms with van der Waals surface area (Å²) in [5, 5.41) is 4.29. The van der Waals surface area contributed by atoms with Crippen LogP contribution in [0.3, 0.4) is 0 Å². The minimum absolute atomic E-state index is 0.176. The van der Waals surface area contributed by atoms with Gasteiger partial charge in [-0.25, -0.2) is 5.43 Å². The van der Waals surface area contributed by atoms with E-state index < -0.39 is 0 Å². The summed E-state index contributed by atoms with van der Waals surface area (Å²) in [6, 6.07) is 11.7. The molecule has 0 saturated carbocycles. The largest absolute Gasteiger partial charge is 0.497 e. The molecule has 1 aromatic carbocycles. The molecular formula is C18H22N4O2. The van der Waals surface area contributed by atoms with Crippen LogP contribution >= 0.6 is 0 Å². The zero-order chi connectivity index (χ0) is 16.9. The number of amides is 1. The van der Waals surface area contributed by atoms with Gasteiger partial charge in [-0.2, -0.15) is 5.10 Å². The minimum Gasteiger partial charge on any atom is -0.497 e. The van der Waals surface area contributed by atoms with Crippen LogP contribution in [0.5, 0.6) is 5.75 Å². The molecule has 0 bridgehead atoms. The topological polar surface area (TPSA) is 58.9 Å². The number of hydrazone groups is 1. The molecule has 0 radical (unpaired) electrons. The van der Waals surface area contributed by atoms with E-state index in [9.17, 15) is 4.79 Å². The number of methoxy groups -OCH3 is 1. The Morgan fingerprint density at radius 1 is 1.21 bits per heavy atom. The Balaban J connectivity index is 1.56. The predicted octanol–water partition coefficient (Wildman–Crippen LogP) is 2.42. The molecule has 2 heterocycles. The molecule has 2 aromatic rings. The van der Waals surface area contributed by atoms with Gasteiger partial charge in [-0.1, -0.05) is 6.07 Å².